The van der Waals surface area contributed by atoms with Gasteiger partial charge < -0.3 is 9.64 Å². The van der Waals surface area contributed by atoms with E-state index < -0.39 is 11.5 Å². The van der Waals surface area contributed by atoms with Crippen molar-refractivity contribution in [3.05, 3.63) is 95.2 Å². The second-order valence-electron chi connectivity index (χ2n) is 6.95. The number of nitriles is 2. The molecule has 1 saturated heterocycles. The molecule has 0 unspecified atom stereocenters. The molecule has 1 heterocycles. The summed E-state index contributed by atoms with van der Waals surface area (Å²) in [5, 5.41) is 21.1. The smallest absolute Gasteiger partial charge is 0.180 e. The topological polar surface area (TPSA) is 60.0 Å². The number of hydrogen-bond donors (Lipinski definition) is 0. The summed E-state index contributed by atoms with van der Waals surface area (Å²) in [6, 6.07) is 19.2. The van der Waals surface area contributed by atoms with E-state index in [1.807, 2.05) is 66.8 Å². The van der Waals surface area contributed by atoms with Crippen molar-refractivity contribution < 1.29 is 4.74 Å². The molecule has 0 aromatic heterocycles. The molecule has 0 radical (unpaired) electrons. The normalized spacial score (nSPS) is 21.5. The van der Waals surface area contributed by atoms with Gasteiger partial charge in [-0.25, -0.2) is 0 Å². The van der Waals surface area contributed by atoms with Gasteiger partial charge in [0.2, 0.25) is 0 Å². The monoisotopic (exact) mass is 399 g/mol. The molecular formula is C24H18ClN3O. The largest absolute Gasteiger partial charge is 0.497 e. The van der Waals surface area contributed by atoms with Crippen molar-refractivity contribution in [3.8, 4) is 17.9 Å². The Balaban J connectivity index is 1.97. The van der Waals surface area contributed by atoms with Crippen LogP contribution in [0.25, 0.3) is 0 Å². The minimum atomic E-state index is -1.29. The maximum absolute atomic E-state index is 10.3. The molecule has 2 atom stereocenters. The average molecular weight is 400 g/mol. The fourth-order valence-electron chi connectivity index (χ4n) is 4.12. The molecule has 4 nitrogen and oxygen atoms in total. The van der Waals surface area contributed by atoms with E-state index in [4.69, 9.17) is 16.3 Å². The van der Waals surface area contributed by atoms with Gasteiger partial charge in [0.25, 0.3) is 0 Å². The summed E-state index contributed by atoms with van der Waals surface area (Å²) in [7, 11) is 1.62. The van der Waals surface area contributed by atoms with Gasteiger partial charge in [0.1, 0.15) is 5.75 Å². The first kappa shape index (κ1) is 18.9. The molecule has 2 aliphatic rings. The van der Waals surface area contributed by atoms with Crippen LogP contribution < -0.4 is 9.64 Å². The molecule has 0 saturated carbocycles. The molecule has 0 N–H and O–H groups in total. The number of halogens is 1. The first-order valence-electron chi connectivity index (χ1n) is 9.21. The van der Waals surface area contributed by atoms with Crippen LogP contribution in [0.2, 0.25) is 5.02 Å². The molecule has 0 amide bonds. The lowest BCUT2D eigenvalue weighted by atomic mass is 9.72. The minimum Gasteiger partial charge on any atom is -0.497 e. The molecule has 2 aromatic rings. The Kier molecular flexibility index (Phi) is 4.89. The van der Waals surface area contributed by atoms with Gasteiger partial charge in [-0.15, -0.1) is 0 Å². The third-order valence-electron chi connectivity index (χ3n) is 5.48. The Bertz CT molecular complexity index is 1070. The van der Waals surface area contributed by atoms with Crippen molar-refractivity contribution in [1.82, 2.24) is 0 Å². The van der Waals surface area contributed by atoms with Crippen LogP contribution in [0.1, 0.15) is 11.6 Å². The molecule has 1 aliphatic carbocycles. The summed E-state index contributed by atoms with van der Waals surface area (Å²) in [5.41, 5.74) is 1.36. The van der Waals surface area contributed by atoms with E-state index in [1.165, 1.54) is 0 Å². The Hall–Kier alpha value is -3.47. The minimum absolute atomic E-state index is 0.365. The molecule has 0 spiro atoms. The summed E-state index contributed by atoms with van der Waals surface area (Å²) in [6.07, 6.45) is 9.66. The van der Waals surface area contributed by atoms with Crippen LogP contribution in [-0.4, -0.2) is 7.11 Å². The number of fused-ring (bicyclic) bond motifs is 1. The standard InChI is InChI=1S/C24H18ClN3O/c1-29-20-13-11-19(12-14-20)28-22-6-4-2-3-5-21(22)24(15-26,16-27)23(28)17-7-9-18(25)10-8-17/h2-14,21,23H,1H3/t21-,23+/m1/s1. The van der Waals surface area contributed by atoms with Gasteiger partial charge in [-0.05, 0) is 48.0 Å². The summed E-state index contributed by atoms with van der Waals surface area (Å²) >= 11 is 6.10. The van der Waals surface area contributed by atoms with E-state index in [0.717, 1.165) is 22.7 Å². The zero-order chi connectivity index (χ0) is 20.4. The molecule has 142 valence electrons. The lowest BCUT2D eigenvalue weighted by Crippen LogP contribution is -2.31. The zero-order valence-corrected chi connectivity index (χ0v) is 16.5. The molecule has 4 rings (SSSR count). The average Bonchev–Trinajstić information content (AvgIpc) is 2.88. The molecular weight excluding hydrogens is 382 g/mol. The SMILES string of the molecule is COc1ccc(N2C3=CC=CC=C[C@H]3C(C#N)(C#N)[C@@H]2c2ccc(Cl)cc2)cc1. The van der Waals surface area contributed by atoms with E-state index in [-0.39, 0.29) is 5.92 Å². The number of benzene rings is 2. The number of rotatable bonds is 3. The third-order valence-corrected chi connectivity index (χ3v) is 5.73. The number of nitrogens with zero attached hydrogens (tertiary/aromatic N) is 3. The maximum Gasteiger partial charge on any atom is 0.180 e. The summed E-state index contributed by atoms with van der Waals surface area (Å²) in [6.45, 7) is 0. The first-order valence-corrected chi connectivity index (χ1v) is 9.58. The predicted octanol–water partition coefficient (Wildman–Crippen LogP) is 5.57. The van der Waals surface area contributed by atoms with Crippen LogP contribution in [-0.2, 0) is 0 Å². The highest BCUT2D eigenvalue weighted by atomic mass is 35.5. The van der Waals surface area contributed by atoms with Gasteiger partial charge in [-0.3, -0.25) is 0 Å². The van der Waals surface area contributed by atoms with Crippen LogP contribution in [0.3, 0.4) is 0 Å². The summed E-state index contributed by atoms with van der Waals surface area (Å²) in [4.78, 5) is 2.08. The molecule has 2 aromatic carbocycles. The van der Waals surface area contributed by atoms with E-state index >= 15 is 0 Å². The fourth-order valence-corrected chi connectivity index (χ4v) is 4.24. The van der Waals surface area contributed by atoms with E-state index in [2.05, 4.69) is 17.0 Å². The van der Waals surface area contributed by atoms with Crippen LogP contribution >= 0.6 is 11.6 Å². The van der Waals surface area contributed by atoms with Crippen LogP contribution in [0.4, 0.5) is 5.69 Å². The van der Waals surface area contributed by atoms with Crippen LogP contribution in [0, 0.1) is 34.0 Å². The fraction of sp³-hybridized carbons (Fsp3) is 0.167. The van der Waals surface area contributed by atoms with Crippen LogP contribution in [0.15, 0.2) is 84.6 Å². The van der Waals surface area contributed by atoms with Gasteiger partial charge in [0.05, 0.1) is 31.2 Å². The quantitative estimate of drug-likeness (QED) is 0.676. The van der Waals surface area contributed by atoms with Gasteiger partial charge in [0, 0.05) is 16.4 Å². The first-order chi connectivity index (χ1) is 14.1. The number of hydrogen-bond acceptors (Lipinski definition) is 4. The molecule has 1 fully saturated rings. The van der Waals surface area contributed by atoms with E-state index in [0.29, 0.717) is 5.02 Å². The van der Waals surface area contributed by atoms with Gasteiger partial charge >= 0.3 is 0 Å². The van der Waals surface area contributed by atoms with Gasteiger partial charge in [0.15, 0.2) is 5.41 Å². The Morgan fingerprint density at radius 3 is 2.28 bits per heavy atom. The highest BCUT2D eigenvalue weighted by Gasteiger charge is 2.58. The molecule has 5 heteroatoms. The number of methoxy groups -OCH3 is 1. The summed E-state index contributed by atoms with van der Waals surface area (Å²) in [5.74, 6) is 0.379. The van der Waals surface area contributed by atoms with Crippen molar-refractivity contribution in [1.29, 1.82) is 10.5 Å². The van der Waals surface area contributed by atoms with Crippen molar-refractivity contribution in [2.75, 3.05) is 12.0 Å². The van der Waals surface area contributed by atoms with Crippen molar-refractivity contribution in [3.63, 3.8) is 0 Å². The highest BCUT2D eigenvalue weighted by Crippen LogP contribution is 2.57. The summed E-state index contributed by atoms with van der Waals surface area (Å²) < 4.78 is 5.29. The van der Waals surface area contributed by atoms with E-state index in [9.17, 15) is 10.5 Å². The molecule has 0 bridgehead atoms. The van der Waals surface area contributed by atoms with Crippen molar-refractivity contribution in [2.24, 2.45) is 11.3 Å². The maximum atomic E-state index is 10.3. The highest BCUT2D eigenvalue weighted by molar-refractivity contribution is 6.30. The van der Waals surface area contributed by atoms with Gasteiger partial charge in [-0.1, -0.05) is 48.0 Å². The van der Waals surface area contributed by atoms with E-state index in [1.54, 1.807) is 19.2 Å². The van der Waals surface area contributed by atoms with Crippen LogP contribution in [0.5, 0.6) is 5.75 Å². The zero-order valence-electron chi connectivity index (χ0n) is 15.8. The van der Waals surface area contributed by atoms with Crippen molar-refractivity contribution >= 4 is 17.3 Å². The Labute approximate surface area is 175 Å². The lowest BCUT2D eigenvalue weighted by Gasteiger charge is -2.31. The predicted molar refractivity (Wildman–Crippen MR) is 113 cm³/mol. The Morgan fingerprint density at radius 2 is 1.66 bits per heavy atom. The molecule has 29 heavy (non-hydrogen) atoms. The van der Waals surface area contributed by atoms with Crippen molar-refractivity contribution in [2.45, 2.75) is 6.04 Å². The molecule has 1 aliphatic heterocycles. The lowest BCUT2D eigenvalue weighted by molar-refractivity contribution is 0.413. The van der Waals surface area contributed by atoms with Gasteiger partial charge in [-0.2, -0.15) is 10.5 Å². The number of allylic oxidation sites excluding steroid dienone is 5. The number of anilines is 1. The second kappa shape index (κ2) is 7.51. The Morgan fingerprint density at radius 1 is 0.966 bits per heavy atom. The number of ether oxygens (including phenoxy) is 1. The third kappa shape index (κ3) is 2.99. The second-order valence-corrected chi connectivity index (χ2v) is 7.39.